The molecule has 2 aliphatic heterocycles. The number of carbonyl (C=O) groups is 4. The van der Waals surface area contributed by atoms with Crippen LogP contribution in [0.15, 0.2) is 72.8 Å². The zero-order valence-electron chi connectivity index (χ0n) is 19.9. The number of hydrogen-bond acceptors (Lipinski definition) is 5. The summed E-state index contributed by atoms with van der Waals surface area (Å²) in [6.07, 6.45) is 10.2. The number of amides is 4. The Bertz CT molecular complexity index is 1270. The molecule has 2 aromatic carbocycles. The van der Waals surface area contributed by atoms with E-state index in [1.54, 1.807) is 48.5 Å². The van der Waals surface area contributed by atoms with Gasteiger partial charge in [0, 0.05) is 0 Å². The van der Waals surface area contributed by atoms with E-state index >= 15 is 0 Å². The Morgan fingerprint density at radius 3 is 1.08 bits per heavy atom. The highest BCUT2D eigenvalue weighted by Gasteiger charge is 2.60. The van der Waals surface area contributed by atoms with Crippen molar-refractivity contribution in [2.75, 3.05) is 9.80 Å². The van der Waals surface area contributed by atoms with Crippen LogP contribution in [0.1, 0.15) is 12.8 Å². The van der Waals surface area contributed by atoms with E-state index in [-0.39, 0.29) is 71.0 Å². The third-order valence-corrected chi connectivity index (χ3v) is 9.37. The van der Waals surface area contributed by atoms with Gasteiger partial charge in [0.2, 0.25) is 23.6 Å². The lowest BCUT2D eigenvalue weighted by atomic mass is 9.85. The molecule has 37 heavy (non-hydrogen) atoms. The Kier molecular flexibility index (Phi) is 4.15. The Labute approximate surface area is 213 Å². The molecular formula is C30H24N2O5. The van der Waals surface area contributed by atoms with Crippen molar-refractivity contribution in [1.29, 1.82) is 0 Å². The summed E-state index contributed by atoms with van der Waals surface area (Å²) in [4.78, 5) is 54.8. The molecule has 184 valence electrons. The molecule has 7 nitrogen and oxygen atoms in total. The smallest absolute Gasteiger partial charge is 0.238 e. The molecule has 4 bridgehead atoms. The molecule has 4 amide bonds. The number of nitrogens with zero attached hydrogens (tertiary/aromatic N) is 2. The molecule has 4 fully saturated rings. The maximum absolute atomic E-state index is 13.0. The molecule has 8 rings (SSSR count). The second kappa shape index (κ2) is 7.28. The summed E-state index contributed by atoms with van der Waals surface area (Å²) >= 11 is 0. The molecule has 0 aromatic heterocycles. The highest BCUT2D eigenvalue weighted by molar-refractivity contribution is 6.23. The molecule has 2 heterocycles. The summed E-state index contributed by atoms with van der Waals surface area (Å²) in [5, 5.41) is 0. The molecule has 2 aromatic rings. The first-order valence-corrected chi connectivity index (χ1v) is 13.0. The van der Waals surface area contributed by atoms with Gasteiger partial charge >= 0.3 is 0 Å². The normalized spacial score (nSPS) is 36.3. The van der Waals surface area contributed by atoms with Crippen molar-refractivity contribution in [2.24, 2.45) is 47.3 Å². The second-order valence-electron chi connectivity index (χ2n) is 11.1. The van der Waals surface area contributed by atoms with Crippen LogP contribution in [0, 0.1) is 47.3 Å². The van der Waals surface area contributed by atoms with E-state index in [2.05, 4.69) is 24.3 Å². The molecular weight excluding hydrogens is 468 g/mol. The zero-order valence-corrected chi connectivity index (χ0v) is 19.9. The van der Waals surface area contributed by atoms with E-state index in [4.69, 9.17) is 4.74 Å². The number of allylic oxidation sites excluding steroid dienone is 4. The first kappa shape index (κ1) is 21.1. The lowest BCUT2D eigenvalue weighted by molar-refractivity contribution is -0.124. The van der Waals surface area contributed by atoms with Gasteiger partial charge in [0.15, 0.2) is 0 Å². The van der Waals surface area contributed by atoms with E-state index < -0.39 is 0 Å². The van der Waals surface area contributed by atoms with Crippen LogP contribution < -0.4 is 14.5 Å². The van der Waals surface area contributed by atoms with E-state index in [0.717, 1.165) is 12.8 Å². The zero-order chi connectivity index (χ0) is 25.0. The standard InChI is InChI=1S/C30H24N2O5/c33-27-23-15-1-2-16(13-15)24(23)28(34)31(27)19-5-9-21(10-6-19)37-22-11-7-20(8-12-22)32-29(35)25-17-3-4-18(14-17)26(25)30(32)36/h1-12,15-18,23-26H,13-14H2/t15-,16-,17-,18+,23-,24+,25-,26+/m0/s1. The largest absolute Gasteiger partial charge is 0.457 e. The van der Waals surface area contributed by atoms with Gasteiger partial charge in [-0.1, -0.05) is 24.3 Å². The van der Waals surface area contributed by atoms with Crippen molar-refractivity contribution in [3.63, 3.8) is 0 Å². The lowest BCUT2D eigenvalue weighted by Crippen LogP contribution is -2.32. The van der Waals surface area contributed by atoms with Crippen molar-refractivity contribution in [3.05, 3.63) is 72.8 Å². The van der Waals surface area contributed by atoms with E-state index in [0.29, 0.717) is 22.9 Å². The number of carbonyl (C=O) groups excluding carboxylic acids is 4. The molecule has 0 spiro atoms. The Balaban J connectivity index is 0.973. The first-order chi connectivity index (χ1) is 18.0. The quantitative estimate of drug-likeness (QED) is 0.474. The molecule has 2 saturated carbocycles. The first-order valence-electron chi connectivity index (χ1n) is 13.0. The second-order valence-corrected chi connectivity index (χ2v) is 11.1. The summed E-state index contributed by atoms with van der Waals surface area (Å²) in [6.45, 7) is 0. The maximum Gasteiger partial charge on any atom is 0.238 e. The lowest BCUT2D eigenvalue weighted by Gasteiger charge is -2.18. The van der Waals surface area contributed by atoms with Gasteiger partial charge in [-0.2, -0.15) is 0 Å². The van der Waals surface area contributed by atoms with E-state index in [1.165, 1.54) is 9.80 Å². The van der Waals surface area contributed by atoms with Gasteiger partial charge in [-0.25, -0.2) is 0 Å². The van der Waals surface area contributed by atoms with E-state index in [9.17, 15) is 19.2 Å². The van der Waals surface area contributed by atoms with Crippen LogP contribution in [-0.4, -0.2) is 23.6 Å². The fraction of sp³-hybridized carbons (Fsp3) is 0.333. The van der Waals surface area contributed by atoms with Gasteiger partial charge in [-0.15, -0.1) is 0 Å². The van der Waals surface area contributed by atoms with Gasteiger partial charge in [0.1, 0.15) is 11.5 Å². The topological polar surface area (TPSA) is 84.0 Å². The van der Waals surface area contributed by atoms with Crippen molar-refractivity contribution in [3.8, 4) is 11.5 Å². The van der Waals surface area contributed by atoms with Crippen molar-refractivity contribution < 1.29 is 23.9 Å². The van der Waals surface area contributed by atoms with Gasteiger partial charge in [0.05, 0.1) is 35.0 Å². The average molecular weight is 493 g/mol. The fourth-order valence-electron chi connectivity index (χ4n) is 7.78. The fourth-order valence-corrected chi connectivity index (χ4v) is 7.78. The summed E-state index contributed by atoms with van der Waals surface area (Å²) in [5.41, 5.74) is 1.12. The minimum atomic E-state index is -0.225. The molecule has 4 aliphatic carbocycles. The molecule has 0 unspecified atom stereocenters. The molecule has 2 saturated heterocycles. The highest BCUT2D eigenvalue weighted by Crippen LogP contribution is 2.54. The van der Waals surface area contributed by atoms with Crippen molar-refractivity contribution in [2.45, 2.75) is 12.8 Å². The number of ether oxygens (including phenoxy) is 1. The Hall–Kier alpha value is -4.00. The van der Waals surface area contributed by atoms with Gasteiger partial charge in [0.25, 0.3) is 0 Å². The Morgan fingerprint density at radius 1 is 0.486 bits per heavy atom. The third kappa shape index (κ3) is 2.77. The molecule has 0 radical (unpaired) electrons. The van der Waals surface area contributed by atoms with Gasteiger partial charge in [-0.05, 0) is 85.0 Å². The van der Waals surface area contributed by atoms with Crippen LogP contribution in [0.5, 0.6) is 11.5 Å². The Morgan fingerprint density at radius 2 is 0.784 bits per heavy atom. The summed E-state index contributed by atoms with van der Waals surface area (Å²) in [7, 11) is 0. The molecule has 7 heteroatoms. The number of anilines is 2. The number of hydrogen-bond donors (Lipinski definition) is 0. The molecule has 0 N–H and O–H groups in total. The van der Waals surface area contributed by atoms with Gasteiger partial charge < -0.3 is 4.74 Å². The van der Waals surface area contributed by atoms with Crippen LogP contribution in [0.2, 0.25) is 0 Å². The summed E-state index contributed by atoms with van der Waals surface area (Å²) in [6, 6.07) is 13.9. The minimum absolute atomic E-state index is 0.102. The predicted octanol–water partition coefficient (Wildman–Crippen LogP) is 4.10. The number of fused-ring (bicyclic) bond motifs is 10. The van der Waals surface area contributed by atoms with Crippen molar-refractivity contribution >= 4 is 35.0 Å². The third-order valence-electron chi connectivity index (χ3n) is 9.37. The summed E-state index contributed by atoms with van der Waals surface area (Å²) < 4.78 is 5.96. The highest BCUT2D eigenvalue weighted by atomic mass is 16.5. The van der Waals surface area contributed by atoms with Gasteiger partial charge in [-0.3, -0.25) is 29.0 Å². The SMILES string of the molecule is O=C1[C@@H]2[C@H](C(=O)N1c1ccc(Oc3ccc(N4C(=O)[C@@H]5[C@H](C4=O)[C@H]4C=C[C@H]5C4)cc3)cc1)[C@@H]1C=C[C@H]2C1. The van der Waals surface area contributed by atoms with Crippen LogP contribution in [0.25, 0.3) is 0 Å². The minimum Gasteiger partial charge on any atom is -0.457 e. The maximum atomic E-state index is 13.0. The van der Waals surface area contributed by atoms with E-state index in [1.807, 2.05) is 0 Å². The van der Waals surface area contributed by atoms with Crippen LogP contribution in [0.3, 0.4) is 0 Å². The molecule has 8 atom stereocenters. The number of benzene rings is 2. The molecule has 6 aliphatic rings. The average Bonchev–Trinajstić information content (AvgIpc) is 3.74. The summed E-state index contributed by atoms with van der Waals surface area (Å²) in [5.74, 6) is 0.531. The van der Waals surface area contributed by atoms with Crippen LogP contribution in [-0.2, 0) is 19.2 Å². The number of imide groups is 2. The number of rotatable bonds is 4. The van der Waals surface area contributed by atoms with Crippen molar-refractivity contribution in [1.82, 2.24) is 0 Å². The monoisotopic (exact) mass is 492 g/mol. The van der Waals surface area contributed by atoms with Crippen LogP contribution >= 0.6 is 0 Å². The predicted molar refractivity (Wildman–Crippen MR) is 133 cm³/mol. The van der Waals surface area contributed by atoms with Crippen LogP contribution in [0.4, 0.5) is 11.4 Å².